The standard InChI is InChI=1S/C26H23ClFN3O3S/c1-3-12-34-25(33)23-16(2)30-26-31(24(23)20-6-4-5-7-21(20)27)19(15-35-26)13-22(32)29-14-17-8-10-18(28)11-9-17/h3-11,15,24H,1,12-14H2,2H3,(H,29,32)/t24-/m0/s1. The lowest BCUT2D eigenvalue weighted by Gasteiger charge is -2.36. The molecule has 0 bridgehead atoms. The number of allylic oxidation sites excluding steroid dienone is 1. The minimum absolute atomic E-state index is 0.0577. The number of thioether (sulfide) groups is 1. The molecule has 0 aliphatic carbocycles. The summed E-state index contributed by atoms with van der Waals surface area (Å²) in [6.07, 6.45) is 1.56. The van der Waals surface area contributed by atoms with Crippen LogP contribution < -0.4 is 5.32 Å². The first-order chi connectivity index (χ1) is 16.9. The van der Waals surface area contributed by atoms with Gasteiger partial charge in [0, 0.05) is 17.3 Å². The maximum Gasteiger partial charge on any atom is 0.338 e. The largest absolute Gasteiger partial charge is 0.458 e. The number of carbonyl (C=O) groups excluding carboxylic acids is 2. The van der Waals surface area contributed by atoms with Crippen molar-refractivity contribution in [3.8, 4) is 0 Å². The second-order valence-corrected chi connectivity index (χ2v) is 9.13. The van der Waals surface area contributed by atoms with Gasteiger partial charge in [-0.15, -0.1) is 0 Å². The summed E-state index contributed by atoms with van der Waals surface area (Å²) in [4.78, 5) is 32.3. The minimum Gasteiger partial charge on any atom is -0.458 e. The van der Waals surface area contributed by atoms with E-state index in [9.17, 15) is 14.0 Å². The number of carbonyl (C=O) groups is 2. The van der Waals surface area contributed by atoms with Crippen LogP contribution in [0.4, 0.5) is 4.39 Å². The number of nitrogens with zero attached hydrogens (tertiary/aromatic N) is 2. The first-order valence-electron chi connectivity index (χ1n) is 10.9. The molecule has 9 heteroatoms. The van der Waals surface area contributed by atoms with E-state index in [1.807, 2.05) is 28.5 Å². The van der Waals surface area contributed by atoms with Crippen molar-refractivity contribution in [2.45, 2.75) is 25.9 Å². The van der Waals surface area contributed by atoms with Crippen molar-refractivity contribution >= 4 is 40.4 Å². The Morgan fingerprint density at radius 3 is 2.71 bits per heavy atom. The zero-order chi connectivity index (χ0) is 24.9. The number of ether oxygens (including phenoxy) is 1. The number of fused-ring (bicyclic) bond motifs is 1. The lowest BCUT2D eigenvalue weighted by atomic mass is 9.93. The fourth-order valence-electron chi connectivity index (χ4n) is 3.86. The molecule has 0 unspecified atom stereocenters. The van der Waals surface area contributed by atoms with Crippen LogP contribution in [0.25, 0.3) is 0 Å². The molecule has 2 aliphatic rings. The van der Waals surface area contributed by atoms with Crippen LogP contribution in [0.15, 0.2) is 88.6 Å². The second-order valence-electron chi connectivity index (χ2n) is 7.88. The quantitative estimate of drug-likeness (QED) is 0.375. The van der Waals surface area contributed by atoms with Crippen LogP contribution in [0, 0.1) is 5.82 Å². The molecule has 0 saturated heterocycles. The molecule has 1 atom stereocenters. The van der Waals surface area contributed by atoms with Gasteiger partial charge >= 0.3 is 5.97 Å². The lowest BCUT2D eigenvalue weighted by Crippen LogP contribution is -2.38. The fourth-order valence-corrected chi connectivity index (χ4v) is 5.07. The third-order valence-electron chi connectivity index (χ3n) is 5.50. The molecule has 35 heavy (non-hydrogen) atoms. The van der Waals surface area contributed by atoms with Gasteiger partial charge in [-0.2, -0.15) is 0 Å². The highest BCUT2D eigenvalue weighted by Crippen LogP contribution is 2.46. The first kappa shape index (κ1) is 24.8. The van der Waals surface area contributed by atoms with Gasteiger partial charge in [0.2, 0.25) is 5.91 Å². The predicted molar refractivity (Wildman–Crippen MR) is 136 cm³/mol. The highest BCUT2D eigenvalue weighted by atomic mass is 35.5. The van der Waals surface area contributed by atoms with Gasteiger partial charge in [0.25, 0.3) is 0 Å². The molecule has 6 nitrogen and oxygen atoms in total. The molecule has 2 aliphatic heterocycles. The number of hydrogen-bond donors (Lipinski definition) is 1. The second kappa shape index (κ2) is 10.9. The topological polar surface area (TPSA) is 71.0 Å². The highest BCUT2D eigenvalue weighted by molar-refractivity contribution is 8.16. The third-order valence-corrected chi connectivity index (χ3v) is 6.73. The molecule has 1 amide bonds. The Balaban J connectivity index is 1.60. The van der Waals surface area contributed by atoms with Gasteiger partial charge in [-0.3, -0.25) is 4.79 Å². The van der Waals surface area contributed by atoms with Crippen LogP contribution in [0.5, 0.6) is 0 Å². The van der Waals surface area contributed by atoms with Crippen molar-refractivity contribution in [3.63, 3.8) is 0 Å². The number of hydrogen-bond acceptors (Lipinski definition) is 6. The number of amidine groups is 1. The van der Waals surface area contributed by atoms with E-state index in [0.29, 0.717) is 32.7 Å². The third kappa shape index (κ3) is 5.49. The summed E-state index contributed by atoms with van der Waals surface area (Å²) in [6.45, 7) is 5.69. The smallest absolute Gasteiger partial charge is 0.338 e. The van der Waals surface area contributed by atoms with Crippen LogP contribution in [0.3, 0.4) is 0 Å². The summed E-state index contributed by atoms with van der Waals surface area (Å²) in [7, 11) is 0. The summed E-state index contributed by atoms with van der Waals surface area (Å²) >= 11 is 7.94. The van der Waals surface area contributed by atoms with E-state index in [1.54, 1.807) is 25.1 Å². The Hall–Kier alpha value is -3.36. The molecule has 0 aromatic heterocycles. The van der Waals surface area contributed by atoms with Crippen molar-refractivity contribution in [2.75, 3.05) is 6.61 Å². The molecule has 1 N–H and O–H groups in total. The predicted octanol–water partition coefficient (Wildman–Crippen LogP) is 5.49. The number of benzene rings is 2. The van der Waals surface area contributed by atoms with E-state index in [1.165, 1.54) is 30.0 Å². The van der Waals surface area contributed by atoms with Gasteiger partial charge < -0.3 is 15.0 Å². The molecule has 0 radical (unpaired) electrons. The monoisotopic (exact) mass is 511 g/mol. The van der Waals surface area contributed by atoms with E-state index in [0.717, 1.165) is 5.56 Å². The molecular weight excluding hydrogens is 489 g/mol. The maximum atomic E-state index is 13.1. The Labute approximate surface area is 212 Å². The number of aliphatic imine (C=N–C) groups is 1. The maximum absolute atomic E-state index is 13.1. The van der Waals surface area contributed by atoms with Gasteiger partial charge in [-0.25, -0.2) is 14.2 Å². The van der Waals surface area contributed by atoms with Gasteiger partial charge in [0.05, 0.1) is 23.7 Å². The summed E-state index contributed by atoms with van der Waals surface area (Å²) in [5.74, 6) is -1.07. The van der Waals surface area contributed by atoms with Gasteiger partial charge in [-0.05, 0) is 41.7 Å². The molecule has 180 valence electrons. The number of amides is 1. The van der Waals surface area contributed by atoms with E-state index in [-0.39, 0.29) is 31.3 Å². The molecule has 0 spiro atoms. The SMILES string of the molecule is C=CCOC(=O)C1=C(C)N=C2SC=C(CC(=O)NCc3ccc(F)cc3)N2[C@H]1c1ccccc1Cl. The van der Waals surface area contributed by atoms with Crippen molar-refractivity contribution in [1.29, 1.82) is 0 Å². The van der Waals surface area contributed by atoms with E-state index in [4.69, 9.17) is 16.3 Å². The molecule has 2 aromatic rings. The van der Waals surface area contributed by atoms with Crippen molar-refractivity contribution < 1.29 is 18.7 Å². The Morgan fingerprint density at radius 2 is 2.00 bits per heavy atom. The van der Waals surface area contributed by atoms with E-state index in [2.05, 4.69) is 16.9 Å². The van der Waals surface area contributed by atoms with Crippen molar-refractivity contribution in [2.24, 2.45) is 4.99 Å². The highest BCUT2D eigenvalue weighted by Gasteiger charge is 2.41. The average Bonchev–Trinajstić information content (AvgIpc) is 3.23. The molecule has 0 saturated carbocycles. The van der Waals surface area contributed by atoms with Gasteiger partial charge in [0.15, 0.2) is 5.17 Å². The lowest BCUT2D eigenvalue weighted by molar-refractivity contribution is -0.138. The fraction of sp³-hybridized carbons (Fsp3) is 0.192. The molecule has 0 fully saturated rings. The van der Waals surface area contributed by atoms with E-state index < -0.39 is 12.0 Å². The number of halogens is 2. The Morgan fingerprint density at radius 1 is 1.26 bits per heavy atom. The summed E-state index contributed by atoms with van der Waals surface area (Å²) in [5.41, 5.74) is 3.04. The Bertz CT molecular complexity index is 1260. The van der Waals surface area contributed by atoms with Crippen molar-refractivity contribution in [3.05, 3.63) is 106 Å². The first-order valence-corrected chi connectivity index (χ1v) is 12.1. The molecule has 4 rings (SSSR count). The van der Waals surface area contributed by atoms with Crippen LogP contribution in [0.1, 0.15) is 30.5 Å². The number of esters is 1. The zero-order valence-corrected chi connectivity index (χ0v) is 20.5. The van der Waals surface area contributed by atoms with Crippen LogP contribution in [-0.2, 0) is 20.9 Å². The number of rotatable bonds is 8. The van der Waals surface area contributed by atoms with Crippen molar-refractivity contribution in [1.82, 2.24) is 10.2 Å². The molecule has 2 heterocycles. The van der Waals surface area contributed by atoms with Gasteiger partial charge in [0.1, 0.15) is 12.4 Å². The van der Waals surface area contributed by atoms with Gasteiger partial charge in [-0.1, -0.05) is 66.3 Å². The van der Waals surface area contributed by atoms with Crippen LogP contribution in [-0.4, -0.2) is 28.6 Å². The summed E-state index contributed by atoms with van der Waals surface area (Å²) in [6, 6.07) is 12.6. The number of nitrogens with one attached hydrogen (secondary N) is 1. The summed E-state index contributed by atoms with van der Waals surface area (Å²) in [5, 5.41) is 5.84. The van der Waals surface area contributed by atoms with E-state index >= 15 is 0 Å². The van der Waals surface area contributed by atoms with Crippen LogP contribution >= 0.6 is 23.4 Å². The molecular formula is C26H23ClFN3O3S. The van der Waals surface area contributed by atoms with Crippen LogP contribution in [0.2, 0.25) is 5.02 Å². The normalized spacial score (nSPS) is 16.9. The summed E-state index contributed by atoms with van der Waals surface area (Å²) < 4.78 is 18.5. The average molecular weight is 512 g/mol. The zero-order valence-electron chi connectivity index (χ0n) is 19.0. The molecule has 2 aromatic carbocycles. The Kier molecular flexibility index (Phi) is 7.73. The minimum atomic E-state index is -0.611.